The predicted molar refractivity (Wildman–Crippen MR) is 98.5 cm³/mol. The molecule has 0 spiro atoms. The van der Waals surface area contributed by atoms with Crippen LogP contribution in [0.1, 0.15) is 15.9 Å². The SMILES string of the molecule is CN(C)c1ccc(/C=N\NC(=O)C(=O)Nc2cccc(C(=O)O)c2)cc1. The molecule has 0 radical (unpaired) electrons. The Labute approximate surface area is 150 Å². The minimum Gasteiger partial charge on any atom is -0.478 e. The minimum absolute atomic E-state index is 0.00222. The standard InChI is InChI=1S/C18H18N4O4/c1-22(2)15-8-6-12(7-9-15)11-19-21-17(24)16(23)20-14-5-3-4-13(10-14)18(25)26/h3-11H,1-2H3,(H,20,23)(H,21,24)(H,25,26)/b19-11-. The van der Waals surface area contributed by atoms with Crippen LogP contribution in [-0.2, 0) is 9.59 Å². The number of hydrogen-bond donors (Lipinski definition) is 3. The van der Waals surface area contributed by atoms with Gasteiger partial charge in [0.25, 0.3) is 0 Å². The van der Waals surface area contributed by atoms with Crippen LogP contribution < -0.4 is 15.6 Å². The summed E-state index contributed by atoms with van der Waals surface area (Å²) in [5.41, 5.74) is 4.10. The number of benzene rings is 2. The first-order valence-corrected chi connectivity index (χ1v) is 7.62. The molecule has 2 aromatic carbocycles. The summed E-state index contributed by atoms with van der Waals surface area (Å²) < 4.78 is 0. The van der Waals surface area contributed by atoms with Gasteiger partial charge in [0.1, 0.15) is 0 Å². The molecule has 0 saturated heterocycles. The smallest absolute Gasteiger partial charge is 0.335 e. The fourth-order valence-electron chi connectivity index (χ4n) is 1.99. The second-order valence-corrected chi connectivity index (χ2v) is 5.53. The van der Waals surface area contributed by atoms with Crippen molar-refractivity contribution >= 4 is 35.4 Å². The summed E-state index contributed by atoms with van der Waals surface area (Å²) in [6.07, 6.45) is 1.41. The molecule has 0 bridgehead atoms. The zero-order valence-corrected chi connectivity index (χ0v) is 14.3. The number of carboxylic acid groups (broad SMARTS) is 1. The normalized spacial score (nSPS) is 10.4. The van der Waals surface area contributed by atoms with Crippen molar-refractivity contribution in [2.24, 2.45) is 5.10 Å². The van der Waals surface area contributed by atoms with E-state index in [-0.39, 0.29) is 11.3 Å². The Balaban J connectivity index is 1.91. The summed E-state index contributed by atoms with van der Waals surface area (Å²) in [4.78, 5) is 36.4. The van der Waals surface area contributed by atoms with Crippen molar-refractivity contribution in [3.05, 3.63) is 59.7 Å². The van der Waals surface area contributed by atoms with E-state index in [1.165, 1.54) is 30.5 Å². The second-order valence-electron chi connectivity index (χ2n) is 5.53. The van der Waals surface area contributed by atoms with Gasteiger partial charge in [-0.15, -0.1) is 0 Å². The number of rotatable bonds is 5. The molecule has 0 aliphatic heterocycles. The molecular weight excluding hydrogens is 336 g/mol. The van der Waals surface area contributed by atoms with Gasteiger partial charge in [-0.2, -0.15) is 5.10 Å². The number of hydrazone groups is 1. The van der Waals surface area contributed by atoms with E-state index in [0.29, 0.717) is 0 Å². The molecule has 0 saturated carbocycles. The third-order valence-corrected chi connectivity index (χ3v) is 3.36. The van der Waals surface area contributed by atoms with E-state index in [1.54, 1.807) is 0 Å². The predicted octanol–water partition coefficient (Wildman–Crippen LogP) is 1.54. The molecule has 8 nitrogen and oxygen atoms in total. The van der Waals surface area contributed by atoms with E-state index in [0.717, 1.165) is 11.3 Å². The largest absolute Gasteiger partial charge is 0.478 e. The number of nitrogens with one attached hydrogen (secondary N) is 2. The zero-order chi connectivity index (χ0) is 19.1. The van der Waals surface area contributed by atoms with Gasteiger partial charge >= 0.3 is 17.8 Å². The van der Waals surface area contributed by atoms with Gasteiger partial charge < -0.3 is 15.3 Å². The molecule has 0 aromatic heterocycles. The molecule has 0 heterocycles. The monoisotopic (exact) mass is 354 g/mol. The third-order valence-electron chi connectivity index (χ3n) is 3.36. The third kappa shape index (κ3) is 5.17. The highest BCUT2D eigenvalue weighted by Gasteiger charge is 2.13. The van der Waals surface area contributed by atoms with Crippen LogP contribution in [0.5, 0.6) is 0 Å². The maximum atomic E-state index is 11.8. The topological polar surface area (TPSA) is 111 Å². The van der Waals surface area contributed by atoms with Crippen molar-refractivity contribution in [3.8, 4) is 0 Å². The fraction of sp³-hybridized carbons (Fsp3) is 0.111. The van der Waals surface area contributed by atoms with E-state index in [9.17, 15) is 14.4 Å². The van der Waals surface area contributed by atoms with Gasteiger partial charge in [0, 0.05) is 25.5 Å². The number of carbonyl (C=O) groups is 3. The number of amides is 2. The molecular formula is C18H18N4O4. The van der Waals surface area contributed by atoms with Crippen molar-refractivity contribution in [3.63, 3.8) is 0 Å². The highest BCUT2D eigenvalue weighted by atomic mass is 16.4. The van der Waals surface area contributed by atoms with Crippen LogP contribution in [0.15, 0.2) is 53.6 Å². The summed E-state index contributed by atoms with van der Waals surface area (Å²) in [6.45, 7) is 0. The van der Waals surface area contributed by atoms with Crippen LogP contribution in [-0.4, -0.2) is 43.2 Å². The van der Waals surface area contributed by atoms with Gasteiger partial charge in [-0.25, -0.2) is 10.2 Å². The Morgan fingerprint density at radius 2 is 1.73 bits per heavy atom. The van der Waals surface area contributed by atoms with Crippen LogP contribution in [0.4, 0.5) is 11.4 Å². The van der Waals surface area contributed by atoms with E-state index in [1.807, 2.05) is 43.3 Å². The van der Waals surface area contributed by atoms with Crippen LogP contribution in [0.3, 0.4) is 0 Å². The lowest BCUT2D eigenvalue weighted by Crippen LogP contribution is -2.32. The van der Waals surface area contributed by atoms with Crippen molar-refractivity contribution in [1.29, 1.82) is 0 Å². The number of nitrogens with zero attached hydrogens (tertiary/aromatic N) is 2. The Morgan fingerprint density at radius 3 is 2.35 bits per heavy atom. The molecule has 3 N–H and O–H groups in total. The minimum atomic E-state index is -1.13. The number of carbonyl (C=O) groups excluding carboxylic acids is 2. The molecule has 0 unspecified atom stereocenters. The van der Waals surface area contributed by atoms with Crippen molar-refractivity contribution < 1.29 is 19.5 Å². The maximum absolute atomic E-state index is 11.8. The van der Waals surface area contributed by atoms with Gasteiger partial charge in [-0.05, 0) is 35.9 Å². The van der Waals surface area contributed by atoms with Crippen LogP contribution in [0, 0.1) is 0 Å². The Hall–Kier alpha value is -3.68. The lowest BCUT2D eigenvalue weighted by Gasteiger charge is -2.11. The summed E-state index contributed by atoms with van der Waals surface area (Å²) >= 11 is 0. The molecule has 0 fully saturated rings. The van der Waals surface area contributed by atoms with E-state index in [2.05, 4.69) is 15.8 Å². The molecule has 2 amide bonds. The molecule has 0 atom stereocenters. The quantitative estimate of drug-likeness (QED) is 0.428. The molecule has 26 heavy (non-hydrogen) atoms. The van der Waals surface area contributed by atoms with Gasteiger partial charge in [0.15, 0.2) is 0 Å². The fourth-order valence-corrected chi connectivity index (χ4v) is 1.99. The Bertz CT molecular complexity index is 845. The van der Waals surface area contributed by atoms with Crippen molar-refractivity contribution in [2.45, 2.75) is 0 Å². The second kappa shape index (κ2) is 8.43. The van der Waals surface area contributed by atoms with Gasteiger partial charge in [-0.1, -0.05) is 18.2 Å². The summed E-state index contributed by atoms with van der Waals surface area (Å²) in [7, 11) is 3.85. The molecule has 8 heteroatoms. The molecule has 134 valence electrons. The first kappa shape index (κ1) is 18.7. The number of aromatic carboxylic acids is 1. The highest BCUT2D eigenvalue weighted by molar-refractivity contribution is 6.39. The molecule has 0 aliphatic rings. The zero-order valence-electron chi connectivity index (χ0n) is 14.3. The molecule has 2 aromatic rings. The molecule has 0 aliphatic carbocycles. The van der Waals surface area contributed by atoms with E-state index < -0.39 is 17.8 Å². The van der Waals surface area contributed by atoms with Crippen LogP contribution >= 0.6 is 0 Å². The lowest BCUT2D eigenvalue weighted by atomic mass is 10.2. The maximum Gasteiger partial charge on any atom is 0.335 e. The van der Waals surface area contributed by atoms with Crippen molar-refractivity contribution in [2.75, 3.05) is 24.3 Å². The summed E-state index contributed by atoms with van der Waals surface area (Å²) in [5.74, 6) is -3.05. The first-order chi connectivity index (χ1) is 12.4. The molecule has 2 rings (SSSR count). The number of anilines is 2. The average Bonchev–Trinajstić information content (AvgIpc) is 2.62. The Kier molecular flexibility index (Phi) is 6.05. The highest BCUT2D eigenvalue weighted by Crippen LogP contribution is 2.11. The summed E-state index contributed by atoms with van der Waals surface area (Å²) in [6, 6.07) is 13.0. The average molecular weight is 354 g/mol. The van der Waals surface area contributed by atoms with Gasteiger partial charge in [-0.3, -0.25) is 9.59 Å². The van der Waals surface area contributed by atoms with Gasteiger partial charge in [0.2, 0.25) is 0 Å². The van der Waals surface area contributed by atoms with E-state index in [4.69, 9.17) is 5.11 Å². The number of hydrogen-bond acceptors (Lipinski definition) is 5. The van der Waals surface area contributed by atoms with Crippen LogP contribution in [0.2, 0.25) is 0 Å². The first-order valence-electron chi connectivity index (χ1n) is 7.62. The summed E-state index contributed by atoms with van der Waals surface area (Å²) in [5, 5.41) is 15.0. The lowest BCUT2D eigenvalue weighted by molar-refractivity contribution is -0.136. The van der Waals surface area contributed by atoms with Crippen molar-refractivity contribution in [1.82, 2.24) is 5.43 Å². The van der Waals surface area contributed by atoms with Gasteiger partial charge in [0.05, 0.1) is 11.8 Å². The Morgan fingerprint density at radius 1 is 1.04 bits per heavy atom. The van der Waals surface area contributed by atoms with E-state index >= 15 is 0 Å². The van der Waals surface area contributed by atoms with Crippen LogP contribution in [0.25, 0.3) is 0 Å². The number of carboxylic acids is 1.